The summed E-state index contributed by atoms with van der Waals surface area (Å²) in [4.78, 5) is 8.82. The maximum absolute atomic E-state index is 13.8. The minimum Gasteiger partial charge on any atom is -0.331 e. The van der Waals surface area contributed by atoms with E-state index in [4.69, 9.17) is 18.1 Å². The molecule has 0 spiro atoms. The highest BCUT2D eigenvalue weighted by atomic mass is 31.2. The van der Waals surface area contributed by atoms with Gasteiger partial charge in [0.25, 0.3) is 0 Å². The van der Waals surface area contributed by atoms with Gasteiger partial charge in [0.2, 0.25) is 29.5 Å². The fourth-order valence-electron chi connectivity index (χ4n) is 5.84. The number of rotatable bonds is 24. The van der Waals surface area contributed by atoms with Crippen LogP contribution in [-0.2, 0) is 36.4 Å². The normalized spacial score (nSPS) is 22.2. The maximum atomic E-state index is 13.8. The summed E-state index contributed by atoms with van der Waals surface area (Å²) in [6, 6.07) is 0. The van der Waals surface area contributed by atoms with Gasteiger partial charge in [0, 0.05) is 105 Å². The Morgan fingerprint density at radius 3 is 0.667 bits per heavy atom. The fourth-order valence-corrected chi connectivity index (χ4v) is 14.4. The van der Waals surface area contributed by atoms with Crippen LogP contribution >= 0.6 is 29.5 Å². The third-order valence-corrected chi connectivity index (χ3v) is 19.3. The van der Waals surface area contributed by atoms with Crippen molar-refractivity contribution in [2.24, 2.45) is 0 Å². The van der Waals surface area contributed by atoms with Gasteiger partial charge >= 0.3 is 0 Å². The van der Waals surface area contributed by atoms with Crippen LogP contribution in [0.2, 0.25) is 0 Å². The van der Waals surface area contributed by atoms with E-state index in [9.17, 15) is 18.3 Å². The van der Waals surface area contributed by atoms with Gasteiger partial charge in [-0.15, -0.1) is 0 Å². The number of nitrogens with zero attached hydrogens (tertiary/aromatic N) is 4. The lowest BCUT2D eigenvalue weighted by Crippen LogP contribution is -2.46. The van der Waals surface area contributed by atoms with Crippen LogP contribution in [0.5, 0.6) is 0 Å². The highest BCUT2D eigenvalue weighted by molar-refractivity contribution is 7.59. The molecule has 0 saturated carbocycles. The van der Waals surface area contributed by atoms with Crippen molar-refractivity contribution in [3.63, 3.8) is 0 Å². The van der Waals surface area contributed by atoms with Gasteiger partial charge in [-0.3, -0.25) is 37.9 Å². The molecule has 0 amide bonds. The van der Waals surface area contributed by atoms with Crippen LogP contribution in [-0.4, -0.2) is 150 Å². The molecule has 1 aliphatic heterocycles. The quantitative estimate of drug-likeness (QED) is 0.0889. The summed E-state index contributed by atoms with van der Waals surface area (Å²) in [6.45, 7) is 13.2. The first kappa shape index (κ1) is 46.6. The van der Waals surface area contributed by atoms with Crippen molar-refractivity contribution in [3.8, 4) is 0 Å². The second-order valence-electron chi connectivity index (χ2n) is 13.3. The molecular weight excluding hydrogens is 692 g/mol. The summed E-state index contributed by atoms with van der Waals surface area (Å²) < 4.78 is 78.1. The Balaban J connectivity index is 3.48. The smallest absolute Gasteiger partial charge is 0.216 e. The predicted molar refractivity (Wildman–Crippen MR) is 203 cm³/mol. The molecule has 1 rings (SSSR count). The lowest BCUT2D eigenvalue weighted by atomic mass is 10.4. The van der Waals surface area contributed by atoms with Crippen LogP contribution in [0.4, 0.5) is 0 Å². The average molecular weight is 765 g/mol. The van der Waals surface area contributed by atoms with Crippen molar-refractivity contribution in [1.82, 2.24) is 19.6 Å². The van der Waals surface area contributed by atoms with Crippen molar-refractivity contribution in [2.75, 3.05) is 131 Å². The molecule has 0 aromatic rings. The van der Waals surface area contributed by atoms with Crippen molar-refractivity contribution in [2.45, 2.75) is 79.1 Å². The second kappa shape index (κ2) is 24.8. The van der Waals surface area contributed by atoms with Crippen molar-refractivity contribution < 1.29 is 36.4 Å². The summed E-state index contributed by atoms with van der Waals surface area (Å²) in [7, 11) is -5.40. The van der Waals surface area contributed by atoms with Crippen LogP contribution in [0.3, 0.4) is 0 Å². The van der Waals surface area contributed by atoms with E-state index >= 15 is 0 Å². The molecule has 16 heteroatoms. The Labute approximate surface area is 294 Å². The summed E-state index contributed by atoms with van der Waals surface area (Å²) in [5, 5.41) is 0. The van der Waals surface area contributed by atoms with Gasteiger partial charge in [0.15, 0.2) is 0 Å². The molecule has 0 N–H and O–H groups in total. The van der Waals surface area contributed by atoms with E-state index in [1.165, 1.54) is 0 Å². The van der Waals surface area contributed by atoms with E-state index in [1.807, 2.05) is 0 Å². The molecule has 4 atom stereocenters. The minimum absolute atomic E-state index is 0.335. The molecule has 4 unspecified atom stereocenters. The van der Waals surface area contributed by atoms with E-state index in [2.05, 4.69) is 47.3 Å². The average Bonchev–Trinajstić information content (AvgIpc) is 3.09. The molecule has 0 aliphatic carbocycles. The molecule has 12 nitrogen and oxygen atoms in total. The Morgan fingerprint density at radius 1 is 0.375 bits per heavy atom. The Morgan fingerprint density at radius 2 is 0.542 bits per heavy atom. The Hall–Kier alpha value is 0.600. The zero-order valence-corrected chi connectivity index (χ0v) is 35.4. The van der Waals surface area contributed by atoms with Crippen LogP contribution in [0.1, 0.15) is 79.1 Å². The van der Waals surface area contributed by atoms with E-state index < -0.39 is 29.5 Å². The monoisotopic (exact) mass is 764 g/mol. The van der Waals surface area contributed by atoms with Gasteiger partial charge in [-0.2, -0.15) is 0 Å². The molecule has 1 fully saturated rings. The first-order valence-corrected chi connectivity index (χ1v) is 26.2. The van der Waals surface area contributed by atoms with Crippen molar-refractivity contribution in [3.05, 3.63) is 0 Å². The van der Waals surface area contributed by atoms with Crippen molar-refractivity contribution >= 4 is 29.5 Å². The Kier molecular flexibility index (Phi) is 24.1. The first-order valence-electron chi connectivity index (χ1n) is 18.2. The van der Waals surface area contributed by atoms with E-state index in [0.717, 1.165) is 51.4 Å². The predicted octanol–water partition coefficient (Wildman–Crippen LogP) is 7.94. The topological polar surface area (TPSA) is 118 Å². The molecule has 1 saturated heterocycles. The zero-order chi connectivity index (χ0) is 36.1. The highest BCUT2D eigenvalue weighted by Crippen LogP contribution is 2.50. The van der Waals surface area contributed by atoms with Crippen LogP contribution in [0, 0.1) is 0 Å². The SMILES string of the molecule is CCCCP(=O)(CN1CCN(CP(=O)(CCCC)OC)CCN(CP(=O)(CCCC)OC)CCN(CP(=O)(CCCC)OC)CC1)OC. The third kappa shape index (κ3) is 18.4. The number of hydrogen-bond donors (Lipinski definition) is 0. The largest absolute Gasteiger partial charge is 0.331 e. The highest BCUT2D eigenvalue weighted by Gasteiger charge is 2.32. The van der Waals surface area contributed by atoms with Crippen LogP contribution < -0.4 is 0 Å². The van der Waals surface area contributed by atoms with Crippen molar-refractivity contribution in [1.29, 1.82) is 0 Å². The lowest BCUT2D eigenvalue weighted by molar-refractivity contribution is 0.156. The van der Waals surface area contributed by atoms with Gasteiger partial charge in [-0.1, -0.05) is 53.4 Å². The van der Waals surface area contributed by atoms with E-state index in [0.29, 0.717) is 102 Å². The third-order valence-electron chi connectivity index (χ3n) is 9.33. The van der Waals surface area contributed by atoms with Gasteiger partial charge in [-0.25, -0.2) is 0 Å². The molecule has 0 aromatic carbocycles. The second-order valence-corrected chi connectivity index (χ2v) is 24.2. The summed E-state index contributed by atoms with van der Waals surface area (Å²) in [5.74, 6) is 0. The number of hydrogen-bond acceptors (Lipinski definition) is 12. The van der Waals surface area contributed by atoms with Crippen LogP contribution in [0.15, 0.2) is 0 Å². The molecule has 288 valence electrons. The maximum Gasteiger partial charge on any atom is 0.216 e. The zero-order valence-electron chi connectivity index (χ0n) is 31.8. The Bertz CT molecular complexity index is 880. The first-order chi connectivity index (χ1) is 22.8. The standard InChI is InChI=1S/C32H72N4O8P4/c1-9-13-25-45(37,41-5)29-33-17-19-34(30-46(38,42-6)26-14-10-2)21-23-36(32-48(40,44-8)28-16-12-4)24-22-35(20-18-33)31-47(39,43-7)27-15-11-3/h9-32H2,1-8H3. The fraction of sp³-hybridized carbons (Fsp3) is 1.00. The molecular formula is C32H72N4O8P4. The van der Waals surface area contributed by atoms with Gasteiger partial charge in [0.1, 0.15) is 0 Å². The van der Waals surface area contributed by atoms with Crippen LogP contribution in [0.25, 0.3) is 0 Å². The minimum atomic E-state index is -2.90. The summed E-state index contributed by atoms with van der Waals surface area (Å²) in [5.41, 5.74) is 0. The van der Waals surface area contributed by atoms with Gasteiger partial charge < -0.3 is 18.1 Å². The number of unbranched alkanes of at least 4 members (excludes halogenated alkanes) is 4. The summed E-state index contributed by atoms with van der Waals surface area (Å²) >= 11 is 0. The molecule has 1 heterocycles. The van der Waals surface area contributed by atoms with Gasteiger partial charge in [-0.05, 0) is 25.7 Å². The molecule has 1 aliphatic rings. The lowest BCUT2D eigenvalue weighted by Gasteiger charge is -2.37. The molecule has 0 aromatic heterocycles. The molecule has 48 heavy (non-hydrogen) atoms. The summed E-state index contributed by atoms with van der Waals surface area (Å²) in [6.07, 6.45) is 10.5. The molecule has 0 radical (unpaired) electrons. The van der Waals surface area contributed by atoms with Gasteiger partial charge in [0.05, 0.1) is 25.1 Å². The van der Waals surface area contributed by atoms with E-state index in [1.54, 1.807) is 28.4 Å². The molecule has 0 bridgehead atoms. The van der Waals surface area contributed by atoms with E-state index in [-0.39, 0.29) is 0 Å².